The predicted molar refractivity (Wildman–Crippen MR) is 91.4 cm³/mol. The van der Waals surface area contributed by atoms with Crippen molar-refractivity contribution in [3.63, 3.8) is 0 Å². The van der Waals surface area contributed by atoms with Crippen LogP contribution in [-0.2, 0) is 4.74 Å². The number of hydrogen-bond donors (Lipinski definition) is 1. The number of ether oxygens (including phenoxy) is 1. The molecule has 24 heavy (non-hydrogen) atoms. The number of nitrogens with zero attached hydrogens (tertiary/aromatic N) is 5. The molecular weight excluding hydrogens is 376 g/mol. The number of piperidine rings is 3. The number of anilines is 1. The van der Waals surface area contributed by atoms with E-state index in [1.54, 1.807) is 4.52 Å². The highest BCUT2D eigenvalue weighted by Gasteiger charge is 2.56. The SMILES string of the molecule is [O-][N+]12CCC(CC1)[C@]1(CN=C(Nc3ncnn4c(Br)ccc34)O1)C2. The van der Waals surface area contributed by atoms with Crippen molar-refractivity contribution in [1.29, 1.82) is 0 Å². The molecule has 0 saturated carbocycles. The van der Waals surface area contributed by atoms with Gasteiger partial charge in [0.25, 0.3) is 6.02 Å². The number of aliphatic imine (C=N–C) groups is 1. The number of hydroxylamine groups is 3. The van der Waals surface area contributed by atoms with Crippen LogP contribution in [0.5, 0.6) is 0 Å². The van der Waals surface area contributed by atoms with E-state index < -0.39 is 5.60 Å². The lowest BCUT2D eigenvalue weighted by atomic mass is 9.75. The van der Waals surface area contributed by atoms with Crippen molar-refractivity contribution in [3.05, 3.63) is 28.3 Å². The van der Waals surface area contributed by atoms with Crippen molar-refractivity contribution in [3.8, 4) is 0 Å². The minimum Gasteiger partial charge on any atom is -0.633 e. The monoisotopic (exact) mass is 392 g/mol. The van der Waals surface area contributed by atoms with Crippen molar-refractivity contribution < 1.29 is 9.38 Å². The average molecular weight is 393 g/mol. The molecule has 1 spiro atoms. The first-order chi connectivity index (χ1) is 11.6. The van der Waals surface area contributed by atoms with Crippen LogP contribution in [0.3, 0.4) is 0 Å². The molecule has 2 aromatic rings. The summed E-state index contributed by atoms with van der Waals surface area (Å²) in [5.41, 5.74) is 0.393. The van der Waals surface area contributed by atoms with Crippen LogP contribution in [0.2, 0.25) is 0 Å². The number of hydrogen-bond acceptors (Lipinski definition) is 6. The Bertz CT molecular complexity index is 844. The number of aromatic nitrogens is 3. The maximum Gasteiger partial charge on any atom is 0.291 e. The van der Waals surface area contributed by atoms with E-state index in [4.69, 9.17) is 4.74 Å². The standard InChI is InChI=1S/C15H17BrN6O2/c16-12-2-1-11-13(18-9-19-21(11)12)20-14-17-7-15(24-14)8-22(23)5-3-10(15)4-6-22/h1-2,9-10H,3-8H2,(H,17,18,19,20)/t10?,15-,22?/m0/s1. The Morgan fingerprint density at radius 3 is 3.00 bits per heavy atom. The van der Waals surface area contributed by atoms with E-state index in [9.17, 15) is 5.21 Å². The van der Waals surface area contributed by atoms with Crippen molar-refractivity contribution in [1.82, 2.24) is 14.6 Å². The van der Waals surface area contributed by atoms with Crippen LogP contribution < -0.4 is 5.32 Å². The fourth-order valence-corrected chi connectivity index (χ4v) is 4.68. The molecule has 0 radical (unpaired) electrons. The summed E-state index contributed by atoms with van der Waals surface area (Å²) in [6.07, 6.45) is 3.34. The zero-order valence-corrected chi connectivity index (χ0v) is 14.6. The summed E-state index contributed by atoms with van der Waals surface area (Å²) in [5, 5.41) is 20.0. The second-order valence-corrected chi connectivity index (χ2v) is 7.73. The molecule has 1 atom stereocenters. The van der Waals surface area contributed by atoms with Gasteiger partial charge in [0, 0.05) is 18.8 Å². The maximum absolute atomic E-state index is 12.7. The summed E-state index contributed by atoms with van der Waals surface area (Å²) < 4.78 is 8.65. The number of rotatable bonds is 1. The highest BCUT2D eigenvalue weighted by molar-refractivity contribution is 9.10. The first-order valence-corrected chi connectivity index (χ1v) is 8.92. The summed E-state index contributed by atoms with van der Waals surface area (Å²) in [5.74, 6) is 1.06. The molecule has 6 rings (SSSR count). The Balaban J connectivity index is 1.40. The quantitative estimate of drug-likeness (QED) is 0.590. The molecule has 1 N–H and O–H groups in total. The van der Waals surface area contributed by atoms with Gasteiger partial charge in [-0.25, -0.2) is 14.5 Å². The Morgan fingerprint density at radius 1 is 1.38 bits per heavy atom. The summed E-state index contributed by atoms with van der Waals surface area (Å²) >= 11 is 3.45. The highest BCUT2D eigenvalue weighted by Crippen LogP contribution is 2.44. The Kier molecular flexibility index (Phi) is 2.98. The molecule has 8 nitrogen and oxygen atoms in total. The molecule has 6 heterocycles. The molecule has 3 fully saturated rings. The van der Waals surface area contributed by atoms with E-state index in [0.29, 0.717) is 43.9 Å². The maximum atomic E-state index is 12.7. The second kappa shape index (κ2) is 4.90. The molecule has 2 bridgehead atoms. The first-order valence-electron chi connectivity index (χ1n) is 8.13. The summed E-state index contributed by atoms with van der Waals surface area (Å²) in [7, 11) is 0. The lowest BCUT2D eigenvalue weighted by molar-refractivity contribution is -0.905. The van der Waals surface area contributed by atoms with Gasteiger partial charge in [-0.1, -0.05) is 0 Å². The van der Waals surface area contributed by atoms with E-state index in [0.717, 1.165) is 23.0 Å². The summed E-state index contributed by atoms with van der Waals surface area (Å²) in [6.45, 7) is 2.48. The third kappa shape index (κ3) is 2.08. The summed E-state index contributed by atoms with van der Waals surface area (Å²) in [4.78, 5) is 8.81. The van der Waals surface area contributed by atoms with Gasteiger partial charge in [0.1, 0.15) is 23.0 Å². The molecule has 0 aliphatic carbocycles. The van der Waals surface area contributed by atoms with E-state index in [-0.39, 0.29) is 4.65 Å². The molecule has 0 aromatic carbocycles. The molecule has 4 aliphatic rings. The first kappa shape index (κ1) is 14.6. The Morgan fingerprint density at radius 2 is 2.21 bits per heavy atom. The highest BCUT2D eigenvalue weighted by atomic mass is 79.9. The fraction of sp³-hybridized carbons (Fsp3) is 0.533. The van der Waals surface area contributed by atoms with Gasteiger partial charge >= 0.3 is 0 Å². The Labute approximate surface area is 146 Å². The van der Waals surface area contributed by atoms with Gasteiger partial charge in [-0.15, -0.1) is 0 Å². The molecule has 4 aliphatic heterocycles. The van der Waals surface area contributed by atoms with Crippen LogP contribution in [0.4, 0.5) is 5.82 Å². The molecule has 0 unspecified atom stereocenters. The van der Waals surface area contributed by atoms with Gasteiger partial charge < -0.3 is 14.6 Å². The van der Waals surface area contributed by atoms with Gasteiger partial charge in [-0.3, -0.25) is 5.32 Å². The van der Waals surface area contributed by atoms with Gasteiger partial charge in [0.15, 0.2) is 11.4 Å². The van der Waals surface area contributed by atoms with Crippen LogP contribution in [-0.4, -0.2) is 57.0 Å². The predicted octanol–water partition coefficient (Wildman–Crippen LogP) is 1.77. The van der Waals surface area contributed by atoms with Crippen molar-refractivity contribution in [2.45, 2.75) is 18.4 Å². The largest absolute Gasteiger partial charge is 0.633 e. The van der Waals surface area contributed by atoms with Gasteiger partial charge in [-0.2, -0.15) is 5.10 Å². The molecular formula is C15H17BrN6O2. The minimum atomic E-state index is -0.438. The third-order valence-electron chi connectivity index (χ3n) is 5.49. The van der Waals surface area contributed by atoms with E-state index >= 15 is 0 Å². The van der Waals surface area contributed by atoms with Gasteiger partial charge in [-0.05, 0) is 28.1 Å². The van der Waals surface area contributed by atoms with Crippen LogP contribution >= 0.6 is 15.9 Å². The number of quaternary nitrogens is 1. The van der Waals surface area contributed by atoms with Gasteiger partial charge in [0.05, 0.1) is 19.6 Å². The molecule has 9 heteroatoms. The van der Waals surface area contributed by atoms with Gasteiger partial charge in [0.2, 0.25) is 0 Å². The van der Waals surface area contributed by atoms with Crippen molar-refractivity contribution in [2.24, 2.45) is 10.9 Å². The number of halogens is 1. The van der Waals surface area contributed by atoms with E-state index in [1.807, 2.05) is 12.1 Å². The average Bonchev–Trinajstić information content (AvgIpc) is 3.13. The van der Waals surface area contributed by atoms with E-state index in [2.05, 4.69) is 36.3 Å². The number of amidine groups is 1. The van der Waals surface area contributed by atoms with Crippen LogP contribution in [0, 0.1) is 11.1 Å². The minimum absolute atomic E-state index is 0.136. The number of nitrogens with one attached hydrogen (secondary N) is 1. The normalized spacial score (nSPS) is 34.6. The number of fused-ring (bicyclic) bond motifs is 3. The lowest BCUT2D eigenvalue weighted by Gasteiger charge is -2.58. The zero-order chi connectivity index (χ0) is 16.4. The third-order valence-corrected chi connectivity index (χ3v) is 6.09. The second-order valence-electron chi connectivity index (χ2n) is 6.91. The zero-order valence-electron chi connectivity index (χ0n) is 13.0. The van der Waals surface area contributed by atoms with Crippen molar-refractivity contribution >= 4 is 33.3 Å². The van der Waals surface area contributed by atoms with Crippen LogP contribution in [0.25, 0.3) is 5.52 Å². The molecule has 2 aromatic heterocycles. The summed E-state index contributed by atoms with van der Waals surface area (Å²) in [6, 6.07) is 4.28. The lowest BCUT2D eigenvalue weighted by Crippen LogP contribution is -2.67. The molecule has 0 amide bonds. The molecule has 126 valence electrons. The topological polar surface area (TPSA) is 86.9 Å². The van der Waals surface area contributed by atoms with E-state index in [1.165, 1.54) is 6.33 Å². The van der Waals surface area contributed by atoms with Crippen molar-refractivity contribution in [2.75, 3.05) is 31.5 Å². The van der Waals surface area contributed by atoms with Crippen LogP contribution in [0.1, 0.15) is 12.8 Å². The molecule has 3 saturated heterocycles. The van der Waals surface area contributed by atoms with Crippen LogP contribution in [0.15, 0.2) is 28.1 Å². The Hall–Kier alpha value is -1.71. The smallest absolute Gasteiger partial charge is 0.291 e. The fourth-order valence-electron chi connectivity index (χ4n) is 4.26.